The van der Waals surface area contributed by atoms with Crippen molar-refractivity contribution in [1.29, 1.82) is 0 Å². The third-order valence-corrected chi connectivity index (χ3v) is 6.73. The van der Waals surface area contributed by atoms with Crippen LogP contribution < -0.4 is 5.32 Å². The number of hydrogen-bond donors (Lipinski definition) is 1. The largest absolute Gasteiger partial charge is 0.353 e. The summed E-state index contributed by atoms with van der Waals surface area (Å²) in [5.74, 6) is 0.712. The third-order valence-electron chi connectivity index (χ3n) is 6.73. The predicted molar refractivity (Wildman–Crippen MR) is 113 cm³/mol. The molecule has 4 heterocycles. The van der Waals surface area contributed by atoms with Crippen molar-refractivity contribution in [3.63, 3.8) is 0 Å². The standard InChI is InChI=1S/C23H32N4O3/c28-21-8-5-19(25-21)6-9-22(29)26-14-10-17(11-15-26)20-7-4-18(16-24-20)23(30)27-12-2-1-3-13-27/h4,7,16-17,19H,1-3,5-6,8-15H2,(H,25,28)/t19-/m1/s1. The molecule has 0 saturated carbocycles. The van der Waals surface area contributed by atoms with E-state index in [1.807, 2.05) is 21.9 Å². The second kappa shape index (κ2) is 9.58. The third kappa shape index (κ3) is 4.99. The number of amides is 3. The summed E-state index contributed by atoms with van der Waals surface area (Å²) in [5.41, 5.74) is 1.69. The minimum atomic E-state index is 0.0904. The summed E-state index contributed by atoms with van der Waals surface area (Å²) < 4.78 is 0. The van der Waals surface area contributed by atoms with Crippen LogP contribution in [0.1, 0.15) is 79.8 Å². The van der Waals surface area contributed by atoms with Crippen molar-refractivity contribution >= 4 is 17.7 Å². The van der Waals surface area contributed by atoms with Crippen molar-refractivity contribution in [3.8, 4) is 0 Å². The molecule has 162 valence electrons. The Hall–Kier alpha value is -2.44. The van der Waals surface area contributed by atoms with Gasteiger partial charge in [-0.15, -0.1) is 0 Å². The van der Waals surface area contributed by atoms with Gasteiger partial charge >= 0.3 is 0 Å². The molecule has 7 nitrogen and oxygen atoms in total. The van der Waals surface area contributed by atoms with Crippen LogP contribution in [-0.2, 0) is 9.59 Å². The monoisotopic (exact) mass is 412 g/mol. The van der Waals surface area contributed by atoms with E-state index in [-0.39, 0.29) is 23.8 Å². The van der Waals surface area contributed by atoms with Gasteiger partial charge in [0.05, 0.1) is 5.56 Å². The average Bonchev–Trinajstić information content (AvgIpc) is 3.23. The van der Waals surface area contributed by atoms with Gasteiger partial charge in [0.25, 0.3) is 5.91 Å². The van der Waals surface area contributed by atoms with Gasteiger partial charge in [0.15, 0.2) is 0 Å². The van der Waals surface area contributed by atoms with Crippen LogP contribution >= 0.6 is 0 Å². The van der Waals surface area contributed by atoms with Crippen molar-refractivity contribution < 1.29 is 14.4 Å². The van der Waals surface area contributed by atoms with Gasteiger partial charge in [-0.05, 0) is 57.1 Å². The highest BCUT2D eigenvalue weighted by Gasteiger charge is 2.27. The molecule has 0 aliphatic carbocycles. The number of likely N-dealkylation sites (tertiary alicyclic amines) is 2. The van der Waals surface area contributed by atoms with E-state index in [4.69, 9.17) is 0 Å². The Morgan fingerprint density at radius 1 is 1.00 bits per heavy atom. The van der Waals surface area contributed by atoms with Gasteiger partial charge in [0.2, 0.25) is 11.8 Å². The fourth-order valence-electron chi connectivity index (χ4n) is 4.83. The molecule has 1 aromatic rings. The van der Waals surface area contributed by atoms with Crippen LogP contribution in [-0.4, -0.2) is 64.7 Å². The van der Waals surface area contributed by atoms with Crippen molar-refractivity contribution in [1.82, 2.24) is 20.1 Å². The zero-order chi connectivity index (χ0) is 20.9. The van der Waals surface area contributed by atoms with Gasteiger partial charge in [-0.1, -0.05) is 0 Å². The van der Waals surface area contributed by atoms with Crippen molar-refractivity contribution in [2.45, 2.75) is 69.7 Å². The van der Waals surface area contributed by atoms with Gasteiger partial charge < -0.3 is 15.1 Å². The minimum Gasteiger partial charge on any atom is -0.353 e. The van der Waals surface area contributed by atoms with Gasteiger partial charge in [-0.3, -0.25) is 19.4 Å². The zero-order valence-corrected chi connectivity index (χ0v) is 17.6. The van der Waals surface area contributed by atoms with E-state index in [0.29, 0.717) is 24.3 Å². The van der Waals surface area contributed by atoms with E-state index in [1.54, 1.807) is 6.20 Å². The lowest BCUT2D eigenvalue weighted by molar-refractivity contribution is -0.132. The molecule has 0 radical (unpaired) electrons. The molecule has 0 spiro atoms. The number of carbonyl (C=O) groups excluding carboxylic acids is 3. The fraction of sp³-hybridized carbons (Fsp3) is 0.652. The summed E-state index contributed by atoms with van der Waals surface area (Å²) in [6.07, 6.45) is 9.57. The van der Waals surface area contributed by atoms with E-state index in [1.165, 1.54) is 6.42 Å². The molecule has 0 bridgehead atoms. The molecule has 1 N–H and O–H groups in total. The average molecular weight is 413 g/mol. The predicted octanol–water partition coefficient (Wildman–Crippen LogP) is 2.47. The molecule has 3 fully saturated rings. The number of aromatic nitrogens is 1. The Balaban J connectivity index is 1.24. The number of carbonyl (C=O) groups is 3. The highest BCUT2D eigenvalue weighted by Crippen LogP contribution is 2.27. The molecular weight excluding hydrogens is 380 g/mol. The van der Waals surface area contributed by atoms with Crippen LogP contribution in [0, 0.1) is 0 Å². The lowest BCUT2D eigenvalue weighted by Gasteiger charge is -2.32. The summed E-state index contributed by atoms with van der Waals surface area (Å²) in [5, 5.41) is 2.93. The Labute approximate surface area is 178 Å². The van der Waals surface area contributed by atoms with E-state index >= 15 is 0 Å². The lowest BCUT2D eigenvalue weighted by atomic mass is 9.92. The number of rotatable bonds is 5. The number of nitrogens with zero attached hydrogens (tertiary/aromatic N) is 3. The first kappa shape index (κ1) is 20.8. The number of hydrogen-bond acceptors (Lipinski definition) is 4. The summed E-state index contributed by atoms with van der Waals surface area (Å²) in [4.78, 5) is 44.9. The van der Waals surface area contributed by atoms with E-state index in [9.17, 15) is 14.4 Å². The molecule has 1 aromatic heterocycles. The molecule has 0 aromatic carbocycles. The first-order chi connectivity index (χ1) is 14.6. The summed E-state index contributed by atoms with van der Waals surface area (Å²) >= 11 is 0. The maximum Gasteiger partial charge on any atom is 0.255 e. The highest BCUT2D eigenvalue weighted by molar-refractivity contribution is 5.94. The van der Waals surface area contributed by atoms with Gasteiger partial charge in [0.1, 0.15) is 0 Å². The van der Waals surface area contributed by atoms with Gasteiger partial charge in [0, 0.05) is 62.9 Å². The van der Waals surface area contributed by atoms with Crippen LogP contribution in [0.15, 0.2) is 18.3 Å². The quantitative estimate of drug-likeness (QED) is 0.805. The van der Waals surface area contributed by atoms with Crippen molar-refractivity contribution in [3.05, 3.63) is 29.6 Å². The maximum absolute atomic E-state index is 12.6. The first-order valence-electron chi connectivity index (χ1n) is 11.4. The number of pyridine rings is 1. The van der Waals surface area contributed by atoms with Crippen molar-refractivity contribution in [2.75, 3.05) is 26.2 Å². The van der Waals surface area contributed by atoms with Crippen LogP contribution in [0.3, 0.4) is 0 Å². The summed E-state index contributed by atoms with van der Waals surface area (Å²) in [7, 11) is 0. The zero-order valence-electron chi connectivity index (χ0n) is 17.6. The second-order valence-corrected chi connectivity index (χ2v) is 8.82. The molecule has 1 atom stereocenters. The molecule has 4 rings (SSSR count). The smallest absolute Gasteiger partial charge is 0.255 e. The van der Waals surface area contributed by atoms with Crippen LogP contribution in [0.4, 0.5) is 0 Å². The van der Waals surface area contributed by atoms with E-state index in [0.717, 1.165) is 70.4 Å². The van der Waals surface area contributed by atoms with Crippen LogP contribution in [0.25, 0.3) is 0 Å². The molecule has 3 saturated heterocycles. The van der Waals surface area contributed by atoms with Crippen LogP contribution in [0.5, 0.6) is 0 Å². The summed E-state index contributed by atoms with van der Waals surface area (Å²) in [6, 6.07) is 4.06. The van der Waals surface area contributed by atoms with E-state index < -0.39 is 0 Å². The molecular formula is C23H32N4O3. The highest BCUT2D eigenvalue weighted by atomic mass is 16.2. The SMILES string of the molecule is O=C1CC[C@H](CCC(=O)N2CCC(c3ccc(C(=O)N4CCCCC4)cn3)CC2)N1. The minimum absolute atomic E-state index is 0.0904. The molecule has 7 heteroatoms. The molecule has 0 unspecified atom stereocenters. The van der Waals surface area contributed by atoms with Gasteiger partial charge in [-0.25, -0.2) is 0 Å². The molecule has 30 heavy (non-hydrogen) atoms. The summed E-state index contributed by atoms with van der Waals surface area (Å²) in [6.45, 7) is 3.19. The second-order valence-electron chi connectivity index (χ2n) is 8.82. The molecule has 3 aliphatic heterocycles. The molecule has 3 aliphatic rings. The normalized spacial score (nSPS) is 22.8. The van der Waals surface area contributed by atoms with Gasteiger partial charge in [-0.2, -0.15) is 0 Å². The fourth-order valence-corrected chi connectivity index (χ4v) is 4.83. The Morgan fingerprint density at radius 3 is 2.40 bits per heavy atom. The number of nitrogens with one attached hydrogen (secondary N) is 1. The topological polar surface area (TPSA) is 82.6 Å². The first-order valence-corrected chi connectivity index (χ1v) is 11.4. The Bertz CT molecular complexity index is 765. The number of piperidine rings is 2. The van der Waals surface area contributed by atoms with E-state index in [2.05, 4.69) is 10.3 Å². The Morgan fingerprint density at radius 2 is 1.77 bits per heavy atom. The van der Waals surface area contributed by atoms with Crippen molar-refractivity contribution in [2.24, 2.45) is 0 Å². The maximum atomic E-state index is 12.6. The molecule has 3 amide bonds. The lowest BCUT2D eigenvalue weighted by Crippen LogP contribution is -2.38. The Kier molecular flexibility index (Phi) is 6.65. The van der Waals surface area contributed by atoms with Crippen LogP contribution in [0.2, 0.25) is 0 Å².